The molecule has 0 aromatic carbocycles. The van der Waals surface area contributed by atoms with E-state index < -0.39 is 5.67 Å². The van der Waals surface area contributed by atoms with Crippen LogP contribution in [-0.4, -0.2) is 11.5 Å². The van der Waals surface area contributed by atoms with Crippen LogP contribution in [0.3, 0.4) is 0 Å². The van der Waals surface area contributed by atoms with E-state index in [0.717, 1.165) is 0 Å². The molecule has 2 heteroatoms. The Balaban J connectivity index is 3.39. The minimum atomic E-state index is -1.19. The van der Waals surface area contributed by atoms with Crippen molar-refractivity contribution in [3.8, 4) is 0 Å². The number of hydrogen-bond acceptors (Lipinski definition) is 1. The van der Waals surface area contributed by atoms with Gasteiger partial charge in [0.1, 0.15) is 11.5 Å². The largest absolute Gasteiger partial charge is 0.300 e. The maximum atomic E-state index is 12.6. The van der Waals surface area contributed by atoms with Crippen molar-refractivity contribution in [2.75, 3.05) is 0 Å². The molecule has 0 aliphatic rings. The van der Waals surface area contributed by atoms with Gasteiger partial charge in [-0.1, -0.05) is 0 Å². The molecule has 54 valence electrons. The average molecular weight is 132 g/mol. The topological polar surface area (TPSA) is 17.1 Å². The quantitative estimate of drug-likeness (QED) is 0.574. The molecule has 0 radical (unpaired) electrons. The van der Waals surface area contributed by atoms with Gasteiger partial charge in [0.15, 0.2) is 0 Å². The molecule has 9 heavy (non-hydrogen) atoms. The Morgan fingerprint density at radius 1 is 1.56 bits per heavy atom. The van der Waals surface area contributed by atoms with E-state index in [2.05, 4.69) is 0 Å². The van der Waals surface area contributed by atoms with Crippen molar-refractivity contribution in [2.24, 2.45) is 0 Å². The van der Waals surface area contributed by atoms with Gasteiger partial charge in [0, 0.05) is 6.42 Å². The van der Waals surface area contributed by atoms with E-state index in [-0.39, 0.29) is 5.78 Å². The first-order valence-corrected chi connectivity index (χ1v) is 3.10. The van der Waals surface area contributed by atoms with Crippen molar-refractivity contribution in [3.63, 3.8) is 0 Å². The highest BCUT2D eigenvalue weighted by Crippen LogP contribution is 2.15. The first kappa shape index (κ1) is 8.60. The van der Waals surface area contributed by atoms with Gasteiger partial charge in [-0.25, -0.2) is 4.39 Å². The van der Waals surface area contributed by atoms with Gasteiger partial charge in [0.25, 0.3) is 0 Å². The average Bonchev–Trinajstić information content (AvgIpc) is 1.59. The highest BCUT2D eigenvalue weighted by molar-refractivity contribution is 5.75. The molecule has 0 spiro atoms. The van der Waals surface area contributed by atoms with E-state index in [1.54, 1.807) is 0 Å². The summed E-state index contributed by atoms with van der Waals surface area (Å²) < 4.78 is 12.6. The third-order valence-electron chi connectivity index (χ3n) is 1.07. The molecule has 0 aliphatic carbocycles. The second-order valence-corrected chi connectivity index (χ2v) is 2.92. The van der Waals surface area contributed by atoms with E-state index in [1.165, 1.54) is 20.8 Å². The second-order valence-electron chi connectivity index (χ2n) is 2.92. The predicted molar refractivity (Wildman–Crippen MR) is 35.1 cm³/mol. The number of Topliss-reactive ketones (excluding diaryl/α,β-unsaturated/α-hetero) is 1. The lowest BCUT2D eigenvalue weighted by Gasteiger charge is -2.11. The van der Waals surface area contributed by atoms with Gasteiger partial charge >= 0.3 is 0 Å². The van der Waals surface area contributed by atoms with Crippen LogP contribution in [-0.2, 0) is 4.79 Å². The predicted octanol–water partition coefficient (Wildman–Crippen LogP) is 2.10. The SMILES string of the molecule is CC(=O)CCC(C)(C)F. The zero-order valence-electron chi connectivity index (χ0n) is 6.20. The summed E-state index contributed by atoms with van der Waals surface area (Å²) in [4.78, 5) is 10.3. The third-order valence-corrected chi connectivity index (χ3v) is 1.07. The Kier molecular flexibility index (Phi) is 2.82. The zero-order valence-corrected chi connectivity index (χ0v) is 6.20. The number of hydrogen-bond donors (Lipinski definition) is 0. The van der Waals surface area contributed by atoms with Crippen molar-refractivity contribution in [2.45, 2.75) is 39.3 Å². The van der Waals surface area contributed by atoms with E-state index in [9.17, 15) is 9.18 Å². The second kappa shape index (κ2) is 2.95. The molecule has 0 rings (SSSR count). The van der Waals surface area contributed by atoms with Gasteiger partial charge in [-0.3, -0.25) is 0 Å². The normalized spacial score (nSPS) is 11.6. The Morgan fingerprint density at radius 2 is 2.00 bits per heavy atom. The Bertz CT molecular complexity index is 102. The van der Waals surface area contributed by atoms with Crippen LogP contribution >= 0.6 is 0 Å². The first-order valence-electron chi connectivity index (χ1n) is 3.10. The smallest absolute Gasteiger partial charge is 0.129 e. The number of carbonyl (C=O) groups is 1. The van der Waals surface area contributed by atoms with Crippen LogP contribution in [0.5, 0.6) is 0 Å². The van der Waals surface area contributed by atoms with E-state index >= 15 is 0 Å². The van der Waals surface area contributed by atoms with Crippen LogP contribution in [0.4, 0.5) is 4.39 Å². The molecule has 0 N–H and O–H groups in total. The summed E-state index contributed by atoms with van der Waals surface area (Å²) in [5.41, 5.74) is -1.19. The molecule has 0 fully saturated rings. The summed E-state index contributed by atoms with van der Waals surface area (Å²) in [5.74, 6) is 0.0562. The molecule has 0 saturated heterocycles. The van der Waals surface area contributed by atoms with Crippen molar-refractivity contribution in [1.82, 2.24) is 0 Å². The number of carbonyl (C=O) groups excluding carboxylic acids is 1. The highest BCUT2D eigenvalue weighted by atomic mass is 19.1. The Morgan fingerprint density at radius 3 is 2.11 bits per heavy atom. The summed E-state index contributed by atoms with van der Waals surface area (Å²) in [7, 11) is 0. The van der Waals surface area contributed by atoms with Gasteiger partial charge < -0.3 is 4.79 Å². The van der Waals surface area contributed by atoms with Crippen molar-refractivity contribution < 1.29 is 9.18 Å². The molecule has 0 aromatic rings. The minimum absolute atomic E-state index is 0.0562. The molecular weight excluding hydrogens is 119 g/mol. The highest BCUT2D eigenvalue weighted by Gasteiger charge is 2.15. The van der Waals surface area contributed by atoms with Crippen LogP contribution in [0, 0.1) is 0 Å². The number of halogens is 1. The molecule has 1 nitrogen and oxygen atoms in total. The van der Waals surface area contributed by atoms with Crippen molar-refractivity contribution in [1.29, 1.82) is 0 Å². The molecule has 0 aliphatic heterocycles. The Labute approximate surface area is 55.3 Å². The van der Waals surface area contributed by atoms with Crippen LogP contribution < -0.4 is 0 Å². The van der Waals surface area contributed by atoms with Crippen molar-refractivity contribution in [3.05, 3.63) is 0 Å². The fourth-order valence-electron chi connectivity index (χ4n) is 0.473. The molecule has 0 atom stereocenters. The fraction of sp³-hybridized carbons (Fsp3) is 0.857. The zero-order chi connectivity index (χ0) is 7.49. The van der Waals surface area contributed by atoms with Gasteiger partial charge in [-0.2, -0.15) is 0 Å². The third kappa shape index (κ3) is 7.60. The Hall–Kier alpha value is -0.400. The molecule has 0 amide bonds. The van der Waals surface area contributed by atoms with Gasteiger partial charge in [-0.05, 0) is 27.2 Å². The monoisotopic (exact) mass is 132 g/mol. The van der Waals surface area contributed by atoms with E-state index in [4.69, 9.17) is 0 Å². The maximum absolute atomic E-state index is 12.6. The minimum Gasteiger partial charge on any atom is -0.300 e. The lowest BCUT2D eigenvalue weighted by atomic mass is 10.0. The van der Waals surface area contributed by atoms with Gasteiger partial charge in [0.2, 0.25) is 0 Å². The molecular formula is C7H13FO. The fourth-order valence-corrected chi connectivity index (χ4v) is 0.473. The lowest BCUT2D eigenvalue weighted by molar-refractivity contribution is -0.117. The molecule has 0 heterocycles. The van der Waals surface area contributed by atoms with Crippen molar-refractivity contribution >= 4 is 5.78 Å². The van der Waals surface area contributed by atoms with Gasteiger partial charge in [0.05, 0.1) is 0 Å². The number of rotatable bonds is 3. The van der Waals surface area contributed by atoms with E-state index in [1.807, 2.05) is 0 Å². The van der Waals surface area contributed by atoms with Crippen LogP contribution in [0.15, 0.2) is 0 Å². The summed E-state index contributed by atoms with van der Waals surface area (Å²) in [6, 6.07) is 0. The maximum Gasteiger partial charge on any atom is 0.129 e. The standard InChI is InChI=1S/C7H13FO/c1-6(9)4-5-7(2,3)8/h4-5H2,1-3H3. The summed E-state index contributed by atoms with van der Waals surface area (Å²) in [6.45, 7) is 4.44. The van der Waals surface area contributed by atoms with Gasteiger partial charge in [-0.15, -0.1) is 0 Å². The summed E-state index contributed by atoms with van der Waals surface area (Å²) >= 11 is 0. The first-order chi connectivity index (χ1) is 3.92. The van der Waals surface area contributed by atoms with E-state index in [0.29, 0.717) is 12.8 Å². The number of ketones is 1. The summed E-state index contributed by atoms with van der Waals surface area (Å²) in [5, 5.41) is 0. The molecule has 0 saturated carbocycles. The van der Waals surface area contributed by atoms with Crippen LogP contribution in [0.25, 0.3) is 0 Å². The molecule has 0 unspecified atom stereocenters. The molecule has 0 bridgehead atoms. The van der Waals surface area contributed by atoms with Crippen LogP contribution in [0.2, 0.25) is 0 Å². The lowest BCUT2D eigenvalue weighted by Crippen LogP contribution is -2.12. The number of alkyl halides is 1. The molecule has 0 aromatic heterocycles. The summed E-state index contributed by atoms with van der Waals surface area (Å²) in [6.07, 6.45) is 0.686. The van der Waals surface area contributed by atoms with Crippen LogP contribution in [0.1, 0.15) is 33.6 Å².